The molecule has 1 aliphatic rings. The Morgan fingerprint density at radius 1 is 1.17 bits per heavy atom. The molecule has 0 saturated heterocycles. The van der Waals surface area contributed by atoms with Crippen molar-refractivity contribution >= 4 is 28.4 Å². The number of carbonyl (C=O) groups is 1. The van der Waals surface area contributed by atoms with Crippen molar-refractivity contribution < 1.29 is 18.0 Å². The fourth-order valence-corrected chi connectivity index (χ4v) is 3.68. The van der Waals surface area contributed by atoms with Crippen LogP contribution in [0.3, 0.4) is 0 Å². The molecule has 0 aromatic carbocycles. The Hall–Kier alpha value is -3.10. The minimum absolute atomic E-state index is 0.00980. The molecule has 3 aromatic rings. The standard InChI is InChI=1S/C20H20F3N5O/c1-28-11-17(15-8-13(21)9-25-18(15)28)27-19(29)26-14-2-3-16(24-10-14)12-4-6-20(22,23)7-5-12/h2-3,8-12H,4-7H2,1H3,(H2,26,27,29). The number of hydrogen-bond acceptors (Lipinski definition) is 3. The van der Waals surface area contributed by atoms with E-state index in [1.807, 2.05) is 0 Å². The molecule has 6 nitrogen and oxygen atoms in total. The number of hydrogen-bond donors (Lipinski definition) is 2. The molecule has 2 amide bonds. The molecule has 152 valence electrons. The quantitative estimate of drug-likeness (QED) is 0.643. The lowest BCUT2D eigenvalue weighted by Gasteiger charge is -2.27. The summed E-state index contributed by atoms with van der Waals surface area (Å²) < 4.78 is 41.8. The third-order valence-electron chi connectivity index (χ3n) is 5.21. The summed E-state index contributed by atoms with van der Waals surface area (Å²) in [6, 6.07) is 4.25. The van der Waals surface area contributed by atoms with Crippen molar-refractivity contribution in [3.8, 4) is 0 Å². The summed E-state index contributed by atoms with van der Waals surface area (Å²) in [5.41, 5.74) is 2.20. The summed E-state index contributed by atoms with van der Waals surface area (Å²) in [6.07, 6.45) is 4.83. The van der Waals surface area contributed by atoms with E-state index in [1.54, 1.807) is 29.9 Å². The van der Waals surface area contributed by atoms with Gasteiger partial charge >= 0.3 is 6.03 Å². The third kappa shape index (κ3) is 4.18. The lowest BCUT2D eigenvalue weighted by Crippen LogP contribution is -2.24. The van der Waals surface area contributed by atoms with E-state index in [4.69, 9.17) is 0 Å². The van der Waals surface area contributed by atoms with E-state index in [0.29, 0.717) is 35.2 Å². The number of halogens is 3. The zero-order valence-electron chi connectivity index (χ0n) is 15.8. The Kier molecular flexibility index (Phi) is 4.89. The maximum absolute atomic E-state index is 13.5. The van der Waals surface area contributed by atoms with E-state index in [-0.39, 0.29) is 18.8 Å². The summed E-state index contributed by atoms with van der Waals surface area (Å²) in [4.78, 5) is 20.7. The van der Waals surface area contributed by atoms with E-state index < -0.39 is 17.8 Å². The molecule has 0 unspecified atom stereocenters. The predicted molar refractivity (Wildman–Crippen MR) is 104 cm³/mol. The molecule has 9 heteroatoms. The van der Waals surface area contributed by atoms with E-state index in [2.05, 4.69) is 20.6 Å². The van der Waals surface area contributed by atoms with Crippen LogP contribution in [-0.2, 0) is 7.05 Å². The molecule has 1 fully saturated rings. The summed E-state index contributed by atoms with van der Waals surface area (Å²) in [7, 11) is 1.75. The first-order valence-electron chi connectivity index (χ1n) is 9.33. The normalized spacial score (nSPS) is 16.7. The second kappa shape index (κ2) is 7.38. The van der Waals surface area contributed by atoms with Gasteiger partial charge in [-0.25, -0.2) is 22.9 Å². The van der Waals surface area contributed by atoms with Gasteiger partial charge in [0, 0.05) is 43.1 Å². The second-order valence-electron chi connectivity index (χ2n) is 7.36. The van der Waals surface area contributed by atoms with Crippen LogP contribution in [-0.4, -0.2) is 26.5 Å². The average Bonchev–Trinajstić information content (AvgIpc) is 2.97. The van der Waals surface area contributed by atoms with E-state index in [0.717, 1.165) is 11.9 Å². The van der Waals surface area contributed by atoms with Crippen molar-refractivity contribution in [2.45, 2.75) is 37.5 Å². The molecule has 29 heavy (non-hydrogen) atoms. The van der Waals surface area contributed by atoms with Gasteiger partial charge in [-0.3, -0.25) is 4.98 Å². The summed E-state index contributed by atoms with van der Waals surface area (Å²) in [5, 5.41) is 5.84. The Morgan fingerprint density at radius 3 is 2.62 bits per heavy atom. The number of anilines is 2. The molecule has 0 atom stereocenters. The van der Waals surface area contributed by atoms with Crippen molar-refractivity contribution in [3.05, 3.63) is 48.3 Å². The maximum Gasteiger partial charge on any atom is 0.323 e. The van der Waals surface area contributed by atoms with Gasteiger partial charge in [-0.05, 0) is 31.0 Å². The first kappa shape index (κ1) is 19.2. The van der Waals surface area contributed by atoms with E-state index >= 15 is 0 Å². The lowest BCUT2D eigenvalue weighted by atomic mass is 9.84. The molecular formula is C20H20F3N5O. The van der Waals surface area contributed by atoms with E-state index in [9.17, 15) is 18.0 Å². The largest absolute Gasteiger partial charge is 0.333 e. The van der Waals surface area contributed by atoms with Crippen molar-refractivity contribution in [3.63, 3.8) is 0 Å². The van der Waals surface area contributed by atoms with Crippen molar-refractivity contribution in [1.82, 2.24) is 14.5 Å². The highest BCUT2D eigenvalue weighted by Crippen LogP contribution is 2.40. The topological polar surface area (TPSA) is 71.8 Å². The van der Waals surface area contributed by atoms with Crippen molar-refractivity contribution in [1.29, 1.82) is 0 Å². The predicted octanol–water partition coefficient (Wildman–Crippen LogP) is 5.04. The Labute approximate surface area is 165 Å². The number of aromatic nitrogens is 3. The molecule has 4 rings (SSSR count). The minimum atomic E-state index is -2.57. The van der Waals surface area contributed by atoms with Gasteiger partial charge in [-0.15, -0.1) is 0 Å². The highest BCUT2D eigenvalue weighted by molar-refractivity contribution is 6.05. The monoisotopic (exact) mass is 403 g/mol. The number of nitrogens with zero attached hydrogens (tertiary/aromatic N) is 3. The van der Waals surface area contributed by atoms with Gasteiger partial charge in [0.25, 0.3) is 0 Å². The fraction of sp³-hybridized carbons (Fsp3) is 0.350. The van der Waals surface area contributed by atoms with Gasteiger partial charge in [-0.2, -0.15) is 0 Å². The number of nitrogens with one attached hydrogen (secondary N) is 2. The van der Waals surface area contributed by atoms with Crippen LogP contribution < -0.4 is 10.6 Å². The van der Waals surface area contributed by atoms with Gasteiger partial charge in [0.1, 0.15) is 11.5 Å². The second-order valence-corrected chi connectivity index (χ2v) is 7.36. The molecule has 3 heterocycles. The van der Waals surface area contributed by atoms with Gasteiger partial charge in [0.2, 0.25) is 5.92 Å². The number of carbonyl (C=O) groups excluding carboxylic acids is 1. The molecular weight excluding hydrogens is 383 g/mol. The molecule has 1 saturated carbocycles. The van der Waals surface area contributed by atoms with Crippen molar-refractivity contribution in [2.24, 2.45) is 7.05 Å². The lowest BCUT2D eigenvalue weighted by molar-refractivity contribution is -0.0384. The van der Waals surface area contributed by atoms with E-state index in [1.165, 1.54) is 12.3 Å². The smallest absolute Gasteiger partial charge is 0.323 e. The Bertz CT molecular complexity index is 1040. The fourth-order valence-electron chi connectivity index (χ4n) is 3.68. The summed E-state index contributed by atoms with van der Waals surface area (Å²) >= 11 is 0. The highest BCUT2D eigenvalue weighted by atomic mass is 19.3. The highest BCUT2D eigenvalue weighted by Gasteiger charge is 2.35. The molecule has 0 aliphatic heterocycles. The number of urea groups is 1. The molecule has 0 spiro atoms. The number of alkyl halides is 2. The van der Waals surface area contributed by atoms with Crippen LogP contribution in [0.25, 0.3) is 11.0 Å². The van der Waals surface area contributed by atoms with Crippen LogP contribution in [0.1, 0.15) is 37.3 Å². The minimum Gasteiger partial charge on any atom is -0.333 e. The SMILES string of the molecule is Cn1cc(NC(=O)Nc2ccc(C3CCC(F)(F)CC3)nc2)c2cc(F)cnc21. The number of fused-ring (bicyclic) bond motifs is 1. The summed E-state index contributed by atoms with van der Waals surface area (Å²) in [5.74, 6) is -3.06. The van der Waals surface area contributed by atoms with Crippen LogP contribution in [0.4, 0.5) is 29.3 Å². The van der Waals surface area contributed by atoms with Crippen molar-refractivity contribution in [2.75, 3.05) is 10.6 Å². The average molecular weight is 403 g/mol. The zero-order valence-corrected chi connectivity index (χ0v) is 15.8. The number of amides is 2. The van der Waals surface area contributed by atoms with Crippen LogP contribution in [0.15, 0.2) is 36.8 Å². The molecule has 3 aromatic heterocycles. The van der Waals surface area contributed by atoms with Gasteiger partial charge in [0.05, 0.1) is 23.8 Å². The first-order chi connectivity index (χ1) is 13.8. The molecule has 2 N–H and O–H groups in total. The molecule has 0 radical (unpaired) electrons. The zero-order chi connectivity index (χ0) is 20.6. The Balaban J connectivity index is 1.41. The number of aryl methyl sites for hydroxylation is 1. The van der Waals surface area contributed by atoms with Crippen LogP contribution in [0, 0.1) is 5.82 Å². The molecule has 1 aliphatic carbocycles. The number of rotatable bonds is 3. The van der Waals surface area contributed by atoms with Crippen LogP contribution in [0.2, 0.25) is 0 Å². The van der Waals surface area contributed by atoms with Crippen LogP contribution in [0.5, 0.6) is 0 Å². The first-order valence-corrected chi connectivity index (χ1v) is 9.33. The number of pyridine rings is 2. The summed E-state index contributed by atoms with van der Waals surface area (Å²) in [6.45, 7) is 0. The Morgan fingerprint density at radius 2 is 1.93 bits per heavy atom. The third-order valence-corrected chi connectivity index (χ3v) is 5.21. The van der Waals surface area contributed by atoms with Gasteiger partial charge < -0.3 is 15.2 Å². The van der Waals surface area contributed by atoms with Gasteiger partial charge in [-0.1, -0.05) is 0 Å². The van der Waals surface area contributed by atoms with Crippen LogP contribution >= 0.6 is 0 Å². The maximum atomic E-state index is 13.5. The molecule has 0 bridgehead atoms. The van der Waals surface area contributed by atoms with Gasteiger partial charge in [0.15, 0.2) is 0 Å².